The van der Waals surface area contributed by atoms with Gasteiger partial charge in [-0.15, -0.1) is 10.2 Å². The average molecular weight is 346 g/mol. The highest BCUT2D eigenvalue weighted by molar-refractivity contribution is 5.85. The normalized spacial score (nSPS) is 24.0. The van der Waals surface area contributed by atoms with Crippen molar-refractivity contribution in [1.29, 1.82) is 0 Å². The fraction of sp³-hybridized carbons (Fsp3) is 0.842. The molecule has 3 aliphatic rings. The number of carbonyl (C=O) groups excluding carboxylic acids is 1. The Morgan fingerprint density at radius 1 is 1.08 bits per heavy atom. The monoisotopic (exact) mass is 346 g/mol. The van der Waals surface area contributed by atoms with Gasteiger partial charge in [0, 0.05) is 45.0 Å². The highest BCUT2D eigenvalue weighted by atomic mass is 16.5. The van der Waals surface area contributed by atoms with Crippen molar-refractivity contribution < 1.29 is 9.53 Å². The maximum Gasteiger partial charge on any atom is 0.228 e. The topological polar surface area (TPSA) is 60.3 Å². The van der Waals surface area contributed by atoms with Crippen LogP contribution in [0.15, 0.2) is 0 Å². The summed E-state index contributed by atoms with van der Waals surface area (Å²) >= 11 is 0. The second-order valence-electron chi connectivity index (χ2n) is 8.53. The summed E-state index contributed by atoms with van der Waals surface area (Å²) in [6.45, 7) is 5.70. The van der Waals surface area contributed by atoms with Gasteiger partial charge in [-0.1, -0.05) is 6.92 Å². The summed E-state index contributed by atoms with van der Waals surface area (Å²) in [4.78, 5) is 14.7. The van der Waals surface area contributed by atoms with Crippen LogP contribution in [0.4, 0.5) is 0 Å². The van der Waals surface area contributed by atoms with Crippen LogP contribution in [0.1, 0.15) is 57.1 Å². The lowest BCUT2D eigenvalue weighted by atomic mass is 9.72. The Kier molecular flexibility index (Phi) is 4.34. The Labute approximate surface area is 149 Å². The Balaban J connectivity index is 1.39. The molecule has 0 aromatic carbocycles. The molecular weight excluding hydrogens is 316 g/mol. The minimum atomic E-state index is -0.0296. The summed E-state index contributed by atoms with van der Waals surface area (Å²) in [7, 11) is 1.73. The van der Waals surface area contributed by atoms with E-state index in [1.807, 2.05) is 0 Å². The minimum Gasteiger partial charge on any atom is -0.384 e. The van der Waals surface area contributed by atoms with Crippen LogP contribution in [0.5, 0.6) is 0 Å². The molecule has 1 aromatic heterocycles. The fourth-order valence-electron chi connectivity index (χ4n) is 4.51. The first-order valence-corrected chi connectivity index (χ1v) is 9.75. The Morgan fingerprint density at radius 2 is 1.80 bits per heavy atom. The van der Waals surface area contributed by atoms with Crippen LogP contribution in [0.2, 0.25) is 0 Å². The van der Waals surface area contributed by atoms with E-state index in [9.17, 15) is 4.79 Å². The van der Waals surface area contributed by atoms with Crippen molar-refractivity contribution in [1.82, 2.24) is 19.7 Å². The molecule has 4 rings (SSSR count). The highest BCUT2D eigenvalue weighted by Gasteiger charge is 2.48. The van der Waals surface area contributed by atoms with Gasteiger partial charge in [-0.25, -0.2) is 0 Å². The number of aromatic nitrogens is 3. The quantitative estimate of drug-likeness (QED) is 0.839. The molecule has 6 heteroatoms. The summed E-state index contributed by atoms with van der Waals surface area (Å²) in [5, 5.41) is 8.78. The first-order valence-electron chi connectivity index (χ1n) is 9.75. The first-order chi connectivity index (χ1) is 12.1. The van der Waals surface area contributed by atoms with Crippen LogP contribution in [0.25, 0.3) is 0 Å². The van der Waals surface area contributed by atoms with E-state index in [-0.39, 0.29) is 5.41 Å². The molecule has 1 saturated carbocycles. The van der Waals surface area contributed by atoms with E-state index in [1.54, 1.807) is 7.11 Å². The first kappa shape index (κ1) is 17.0. The van der Waals surface area contributed by atoms with E-state index in [0.29, 0.717) is 17.9 Å². The SMILES string of the molecule is COCCc1nnc2n1CCC1(CC2)CCN(C(=O)C2(C)CC2)CC1. The molecule has 1 amide bonds. The number of carbonyl (C=O) groups is 1. The molecule has 2 fully saturated rings. The third-order valence-corrected chi connectivity index (χ3v) is 6.81. The van der Waals surface area contributed by atoms with Crippen LogP contribution >= 0.6 is 0 Å². The lowest BCUT2D eigenvalue weighted by Gasteiger charge is -2.42. The smallest absolute Gasteiger partial charge is 0.228 e. The fourth-order valence-corrected chi connectivity index (χ4v) is 4.51. The molecule has 0 atom stereocenters. The molecule has 138 valence electrons. The van der Waals surface area contributed by atoms with Gasteiger partial charge < -0.3 is 14.2 Å². The van der Waals surface area contributed by atoms with E-state index >= 15 is 0 Å². The van der Waals surface area contributed by atoms with Gasteiger partial charge in [-0.05, 0) is 43.9 Å². The van der Waals surface area contributed by atoms with Crippen molar-refractivity contribution >= 4 is 5.91 Å². The zero-order valence-electron chi connectivity index (χ0n) is 15.6. The molecule has 0 N–H and O–H groups in total. The molecule has 6 nitrogen and oxygen atoms in total. The zero-order chi connectivity index (χ0) is 17.5. The van der Waals surface area contributed by atoms with Gasteiger partial charge in [-0.2, -0.15) is 0 Å². The van der Waals surface area contributed by atoms with E-state index in [2.05, 4.69) is 26.6 Å². The van der Waals surface area contributed by atoms with Crippen LogP contribution in [0, 0.1) is 10.8 Å². The van der Waals surface area contributed by atoms with Gasteiger partial charge in [0.2, 0.25) is 5.91 Å². The molecule has 1 saturated heterocycles. The van der Waals surface area contributed by atoms with Crippen LogP contribution in [-0.2, 0) is 28.9 Å². The maximum atomic E-state index is 12.6. The van der Waals surface area contributed by atoms with Crippen molar-refractivity contribution in [2.75, 3.05) is 26.8 Å². The molecule has 1 spiro atoms. The van der Waals surface area contributed by atoms with Gasteiger partial charge in [0.15, 0.2) is 0 Å². The largest absolute Gasteiger partial charge is 0.384 e. The highest BCUT2D eigenvalue weighted by Crippen LogP contribution is 2.48. The summed E-state index contributed by atoms with van der Waals surface area (Å²) < 4.78 is 7.51. The Morgan fingerprint density at radius 3 is 2.48 bits per heavy atom. The van der Waals surface area contributed by atoms with Gasteiger partial charge in [0.25, 0.3) is 0 Å². The van der Waals surface area contributed by atoms with E-state index in [0.717, 1.165) is 69.8 Å². The summed E-state index contributed by atoms with van der Waals surface area (Å²) in [5.74, 6) is 2.59. The lowest BCUT2D eigenvalue weighted by molar-refractivity contribution is -0.139. The molecular formula is C19H30N4O2. The predicted molar refractivity (Wildman–Crippen MR) is 94.1 cm³/mol. The number of rotatable bonds is 4. The maximum absolute atomic E-state index is 12.6. The second kappa shape index (κ2) is 6.38. The Hall–Kier alpha value is -1.43. The number of methoxy groups -OCH3 is 1. The van der Waals surface area contributed by atoms with Crippen LogP contribution in [0.3, 0.4) is 0 Å². The standard InChI is InChI=1S/C19H30N4O2/c1-18(6-7-18)17(24)22-11-8-19(9-12-22)5-3-15-20-21-16(4-14-25-2)23(15)13-10-19/h3-14H2,1-2H3. The number of likely N-dealkylation sites (tertiary alicyclic amines) is 1. The third kappa shape index (κ3) is 3.21. The number of amides is 1. The van der Waals surface area contributed by atoms with Crippen molar-refractivity contribution in [2.45, 2.75) is 64.8 Å². The molecule has 1 aromatic rings. The van der Waals surface area contributed by atoms with Gasteiger partial charge >= 0.3 is 0 Å². The molecule has 0 radical (unpaired) electrons. The summed E-state index contributed by atoms with van der Waals surface area (Å²) in [6, 6.07) is 0. The number of hydrogen-bond donors (Lipinski definition) is 0. The number of nitrogens with zero attached hydrogens (tertiary/aromatic N) is 4. The average Bonchev–Trinajstić information content (AvgIpc) is 3.30. The molecule has 2 aliphatic heterocycles. The number of piperidine rings is 1. The number of aryl methyl sites for hydroxylation is 1. The van der Waals surface area contributed by atoms with Crippen molar-refractivity contribution in [3.8, 4) is 0 Å². The molecule has 1 aliphatic carbocycles. The lowest BCUT2D eigenvalue weighted by Crippen LogP contribution is -2.45. The second-order valence-corrected chi connectivity index (χ2v) is 8.53. The molecule has 25 heavy (non-hydrogen) atoms. The molecule has 3 heterocycles. The van der Waals surface area contributed by atoms with Gasteiger partial charge in [0.1, 0.15) is 11.6 Å². The van der Waals surface area contributed by atoms with E-state index in [1.165, 1.54) is 12.8 Å². The van der Waals surface area contributed by atoms with Crippen LogP contribution < -0.4 is 0 Å². The molecule has 0 bridgehead atoms. The third-order valence-electron chi connectivity index (χ3n) is 6.81. The van der Waals surface area contributed by atoms with Crippen molar-refractivity contribution in [2.24, 2.45) is 10.8 Å². The number of ether oxygens (including phenoxy) is 1. The predicted octanol–water partition coefficient (Wildman–Crippen LogP) is 2.21. The summed E-state index contributed by atoms with van der Waals surface area (Å²) in [5.41, 5.74) is 0.346. The van der Waals surface area contributed by atoms with E-state index in [4.69, 9.17) is 4.74 Å². The van der Waals surface area contributed by atoms with E-state index < -0.39 is 0 Å². The summed E-state index contributed by atoms with van der Waals surface area (Å²) in [6.07, 6.45) is 8.62. The Bertz CT molecular complexity index is 642. The zero-order valence-corrected chi connectivity index (χ0v) is 15.6. The number of hydrogen-bond acceptors (Lipinski definition) is 4. The van der Waals surface area contributed by atoms with Crippen molar-refractivity contribution in [3.05, 3.63) is 11.6 Å². The van der Waals surface area contributed by atoms with Gasteiger partial charge in [-0.3, -0.25) is 4.79 Å². The minimum absolute atomic E-state index is 0.0296. The van der Waals surface area contributed by atoms with Crippen LogP contribution in [-0.4, -0.2) is 52.4 Å². The van der Waals surface area contributed by atoms with Crippen molar-refractivity contribution in [3.63, 3.8) is 0 Å². The number of fused-ring (bicyclic) bond motifs is 1. The van der Waals surface area contributed by atoms with Gasteiger partial charge in [0.05, 0.1) is 6.61 Å². The molecule has 0 unspecified atom stereocenters.